The van der Waals surface area contributed by atoms with Crippen LogP contribution in [0.5, 0.6) is 5.75 Å². The molecule has 2 atom stereocenters. The molecule has 0 saturated carbocycles. The molecule has 0 aliphatic heterocycles. The minimum Gasteiger partial charge on any atom is -0.479 e. The maximum absolute atomic E-state index is 11.7. The molecule has 0 saturated heterocycles. The largest absolute Gasteiger partial charge is 0.479 e. The van der Waals surface area contributed by atoms with E-state index in [1.165, 1.54) is 5.56 Å². The fourth-order valence-electron chi connectivity index (χ4n) is 2.01. The Balaban J connectivity index is 2.62. The molecule has 0 aliphatic rings. The third-order valence-electron chi connectivity index (χ3n) is 3.28. The lowest BCUT2D eigenvalue weighted by Gasteiger charge is -2.17. The van der Waals surface area contributed by atoms with Crippen molar-refractivity contribution in [2.45, 2.75) is 52.7 Å². The Morgan fingerprint density at radius 1 is 1.19 bits per heavy atom. The fraction of sp³-hybridized carbons (Fsp3) is 0.588. The number of ether oxygens (including phenoxy) is 2. The molecule has 1 N–H and O–H groups in total. The number of carbonyl (C=O) groups is 1. The molecule has 0 spiro atoms. The second-order valence-electron chi connectivity index (χ2n) is 5.01. The highest BCUT2D eigenvalue weighted by molar-refractivity contribution is 5.75. The molecule has 1 aromatic rings. The van der Waals surface area contributed by atoms with E-state index in [9.17, 15) is 4.79 Å². The van der Waals surface area contributed by atoms with Gasteiger partial charge in [0, 0.05) is 6.04 Å². The standard InChI is InChI=1S/C17H27NO3/c1-5-12-18-13(4)14-8-10-15(11-9-14)21-16(6-2)17(19)20-7-3/h8-11,13,16,18H,5-7,12H2,1-4H3. The molecule has 0 aliphatic carbocycles. The zero-order chi connectivity index (χ0) is 15.7. The number of benzene rings is 1. The summed E-state index contributed by atoms with van der Waals surface area (Å²) >= 11 is 0. The van der Waals surface area contributed by atoms with Crippen LogP contribution >= 0.6 is 0 Å². The summed E-state index contributed by atoms with van der Waals surface area (Å²) in [6.45, 7) is 9.37. The highest BCUT2D eigenvalue weighted by Crippen LogP contribution is 2.19. The van der Waals surface area contributed by atoms with Gasteiger partial charge < -0.3 is 14.8 Å². The van der Waals surface area contributed by atoms with Gasteiger partial charge in [0.05, 0.1) is 6.61 Å². The van der Waals surface area contributed by atoms with Crippen molar-refractivity contribution in [3.63, 3.8) is 0 Å². The van der Waals surface area contributed by atoms with Gasteiger partial charge in [0.1, 0.15) is 5.75 Å². The van der Waals surface area contributed by atoms with E-state index in [2.05, 4.69) is 19.2 Å². The first-order chi connectivity index (χ1) is 10.1. The Hall–Kier alpha value is -1.55. The van der Waals surface area contributed by atoms with Crippen molar-refractivity contribution in [3.05, 3.63) is 29.8 Å². The predicted molar refractivity (Wildman–Crippen MR) is 84.5 cm³/mol. The van der Waals surface area contributed by atoms with Crippen LogP contribution in [0.1, 0.15) is 52.1 Å². The van der Waals surface area contributed by atoms with E-state index in [4.69, 9.17) is 9.47 Å². The Labute approximate surface area is 127 Å². The fourth-order valence-corrected chi connectivity index (χ4v) is 2.01. The summed E-state index contributed by atoms with van der Waals surface area (Å²) in [4.78, 5) is 11.7. The van der Waals surface area contributed by atoms with Crippen LogP contribution in [-0.2, 0) is 9.53 Å². The SMILES string of the molecule is CCCNC(C)c1ccc(OC(CC)C(=O)OCC)cc1. The Morgan fingerprint density at radius 3 is 2.38 bits per heavy atom. The molecule has 0 fully saturated rings. The number of carbonyl (C=O) groups excluding carboxylic acids is 1. The predicted octanol–water partition coefficient (Wildman–Crippen LogP) is 3.47. The highest BCUT2D eigenvalue weighted by Gasteiger charge is 2.19. The van der Waals surface area contributed by atoms with Gasteiger partial charge in [-0.25, -0.2) is 4.79 Å². The number of rotatable bonds is 9. The molecule has 118 valence electrons. The number of hydrogen-bond acceptors (Lipinski definition) is 4. The third-order valence-corrected chi connectivity index (χ3v) is 3.28. The van der Waals surface area contributed by atoms with Crippen LogP contribution in [-0.4, -0.2) is 25.2 Å². The van der Waals surface area contributed by atoms with Gasteiger partial charge in [0.15, 0.2) is 6.10 Å². The van der Waals surface area contributed by atoms with Gasteiger partial charge in [0.2, 0.25) is 0 Å². The molecule has 0 radical (unpaired) electrons. The number of hydrogen-bond donors (Lipinski definition) is 1. The van der Waals surface area contributed by atoms with Crippen molar-refractivity contribution >= 4 is 5.97 Å². The van der Waals surface area contributed by atoms with E-state index in [0.29, 0.717) is 24.8 Å². The monoisotopic (exact) mass is 293 g/mol. The maximum Gasteiger partial charge on any atom is 0.347 e. The quantitative estimate of drug-likeness (QED) is 0.708. The van der Waals surface area contributed by atoms with E-state index in [0.717, 1.165) is 13.0 Å². The minimum atomic E-state index is -0.536. The van der Waals surface area contributed by atoms with Crippen molar-refractivity contribution in [1.29, 1.82) is 0 Å². The van der Waals surface area contributed by atoms with Crippen LogP contribution in [0, 0.1) is 0 Å². The number of esters is 1. The lowest BCUT2D eigenvalue weighted by molar-refractivity contribution is -0.151. The summed E-state index contributed by atoms with van der Waals surface area (Å²) in [6.07, 6.45) is 1.17. The van der Waals surface area contributed by atoms with E-state index >= 15 is 0 Å². The molecule has 0 bridgehead atoms. The summed E-state index contributed by atoms with van der Waals surface area (Å²) < 4.78 is 10.7. The molecule has 1 rings (SSSR count). The molecular weight excluding hydrogens is 266 g/mol. The van der Waals surface area contributed by atoms with E-state index in [-0.39, 0.29) is 5.97 Å². The second kappa shape index (κ2) is 9.40. The molecule has 0 aromatic heterocycles. The lowest BCUT2D eigenvalue weighted by atomic mass is 10.1. The van der Waals surface area contributed by atoms with Crippen LogP contribution in [0.15, 0.2) is 24.3 Å². The van der Waals surface area contributed by atoms with Gasteiger partial charge in [-0.3, -0.25) is 0 Å². The first-order valence-corrected chi connectivity index (χ1v) is 7.78. The van der Waals surface area contributed by atoms with Crippen LogP contribution in [0.4, 0.5) is 0 Å². The molecule has 0 amide bonds. The highest BCUT2D eigenvalue weighted by atomic mass is 16.6. The summed E-state index contributed by atoms with van der Waals surface area (Å²) in [7, 11) is 0. The van der Waals surface area contributed by atoms with Crippen molar-refractivity contribution in [1.82, 2.24) is 5.32 Å². The lowest BCUT2D eigenvalue weighted by Crippen LogP contribution is -2.28. The van der Waals surface area contributed by atoms with E-state index < -0.39 is 6.10 Å². The average Bonchev–Trinajstić information content (AvgIpc) is 2.51. The van der Waals surface area contributed by atoms with Crippen LogP contribution in [0.25, 0.3) is 0 Å². The average molecular weight is 293 g/mol. The topological polar surface area (TPSA) is 47.6 Å². The van der Waals surface area contributed by atoms with Crippen molar-refractivity contribution in [2.75, 3.05) is 13.2 Å². The Kier molecular flexibility index (Phi) is 7.83. The molecular formula is C17H27NO3. The Morgan fingerprint density at radius 2 is 1.86 bits per heavy atom. The van der Waals surface area contributed by atoms with Crippen LogP contribution in [0.2, 0.25) is 0 Å². The Bertz CT molecular complexity index is 417. The normalized spacial score (nSPS) is 13.5. The second-order valence-corrected chi connectivity index (χ2v) is 5.01. The van der Waals surface area contributed by atoms with Gasteiger partial charge in [-0.1, -0.05) is 26.0 Å². The molecule has 1 aromatic carbocycles. The van der Waals surface area contributed by atoms with E-state index in [1.807, 2.05) is 31.2 Å². The van der Waals surface area contributed by atoms with Crippen LogP contribution in [0.3, 0.4) is 0 Å². The van der Waals surface area contributed by atoms with Crippen LogP contribution < -0.4 is 10.1 Å². The third kappa shape index (κ3) is 5.76. The summed E-state index contributed by atoms with van der Waals surface area (Å²) in [5.74, 6) is 0.392. The van der Waals surface area contributed by atoms with E-state index in [1.54, 1.807) is 6.92 Å². The van der Waals surface area contributed by atoms with Crippen molar-refractivity contribution < 1.29 is 14.3 Å². The smallest absolute Gasteiger partial charge is 0.347 e. The van der Waals surface area contributed by atoms with Gasteiger partial charge in [0.25, 0.3) is 0 Å². The van der Waals surface area contributed by atoms with Gasteiger partial charge in [-0.2, -0.15) is 0 Å². The van der Waals surface area contributed by atoms with Crippen molar-refractivity contribution in [3.8, 4) is 5.75 Å². The zero-order valence-corrected chi connectivity index (χ0v) is 13.5. The first-order valence-electron chi connectivity index (χ1n) is 7.78. The molecule has 2 unspecified atom stereocenters. The number of nitrogens with one attached hydrogen (secondary N) is 1. The first kappa shape index (κ1) is 17.5. The maximum atomic E-state index is 11.7. The zero-order valence-electron chi connectivity index (χ0n) is 13.5. The van der Waals surface area contributed by atoms with Crippen molar-refractivity contribution in [2.24, 2.45) is 0 Å². The summed E-state index contributed by atoms with van der Waals surface area (Å²) in [5.41, 5.74) is 1.21. The van der Waals surface area contributed by atoms with Gasteiger partial charge in [-0.05, 0) is 50.9 Å². The summed E-state index contributed by atoms with van der Waals surface area (Å²) in [5, 5.41) is 3.44. The molecule has 0 heterocycles. The molecule has 4 nitrogen and oxygen atoms in total. The summed E-state index contributed by atoms with van der Waals surface area (Å²) in [6, 6.07) is 8.18. The molecule has 21 heavy (non-hydrogen) atoms. The van der Waals surface area contributed by atoms with Gasteiger partial charge in [-0.15, -0.1) is 0 Å². The molecule has 4 heteroatoms. The minimum absolute atomic E-state index is 0.304. The van der Waals surface area contributed by atoms with Gasteiger partial charge >= 0.3 is 5.97 Å².